The molecular weight excluding hydrogens is 274 g/mol. The Morgan fingerprint density at radius 3 is 2.52 bits per heavy atom. The fourth-order valence-electron chi connectivity index (χ4n) is 2.61. The second-order valence-electron chi connectivity index (χ2n) is 5.94. The predicted octanol–water partition coefficient (Wildman–Crippen LogP) is 5.82. The largest absolute Gasteiger partial charge is 0.313 e. The summed E-state index contributed by atoms with van der Waals surface area (Å²) in [5.74, 6) is 1.19. The normalized spacial score (nSPS) is 12.5. The number of benzene rings is 1. The van der Waals surface area contributed by atoms with Gasteiger partial charge in [-0.15, -0.1) is 11.8 Å². The van der Waals surface area contributed by atoms with Crippen LogP contribution in [0.15, 0.2) is 29.2 Å². The minimum atomic E-state index is 0.659. The van der Waals surface area contributed by atoms with Crippen LogP contribution in [0.4, 0.5) is 0 Å². The molecule has 2 heteroatoms. The molecule has 1 rings (SSSR count). The van der Waals surface area contributed by atoms with Gasteiger partial charge in [-0.05, 0) is 32.0 Å². The molecule has 1 nitrogen and oxygen atoms in total. The maximum atomic E-state index is 3.65. The summed E-state index contributed by atoms with van der Waals surface area (Å²) in [6.45, 7) is 7.74. The molecule has 120 valence electrons. The van der Waals surface area contributed by atoms with Crippen LogP contribution < -0.4 is 5.32 Å². The summed E-state index contributed by atoms with van der Waals surface area (Å²) in [6.07, 6.45) is 9.66. The first-order chi connectivity index (χ1) is 10.3. The van der Waals surface area contributed by atoms with Crippen molar-refractivity contribution in [2.45, 2.75) is 76.7 Å². The summed E-state index contributed by atoms with van der Waals surface area (Å²) >= 11 is 1.99. The van der Waals surface area contributed by atoms with Crippen LogP contribution in [-0.4, -0.2) is 18.3 Å². The van der Waals surface area contributed by atoms with Gasteiger partial charge in [0.2, 0.25) is 0 Å². The third-order valence-electron chi connectivity index (χ3n) is 3.84. The second kappa shape index (κ2) is 12.1. The van der Waals surface area contributed by atoms with E-state index in [0.29, 0.717) is 6.04 Å². The highest BCUT2D eigenvalue weighted by Gasteiger charge is 2.08. The molecule has 21 heavy (non-hydrogen) atoms. The molecule has 1 aromatic rings. The fourth-order valence-corrected chi connectivity index (χ4v) is 3.73. The smallest absolute Gasteiger partial charge is 0.0161 e. The lowest BCUT2D eigenvalue weighted by Crippen LogP contribution is -2.31. The van der Waals surface area contributed by atoms with Crippen molar-refractivity contribution in [3.8, 4) is 0 Å². The number of rotatable bonds is 12. The number of hydrogen-bond acceptors (Lipinski definition) is 2. The summed E-state index contributed by atoms with van der Waals surface area (Å²) in [6, 6.07) is 9.51. The molecule has 0 aliphatic heterocycles. The number of unbranched alkanes of at least 4 members (excludes halogenated alkanes) is 5. The molecule has 0 fully saturated rings. The highest BCUT2D eigenvalue weighted by atomic mass is 32.2. The third-order valence-corrected chi connectivity index (χ3v) is 5.00. The first-order valence-corrected chi connectivity index (χ1v) is 9.67. The van der Waals surface area contributed by atoms with E-state index in [2.05, 4.69) is 50.4 Å². The van der Waals surface area contributed by atoms with Crippen molar-refractivity contribution in [3.05, 3.63) is 29.8 Å². The summed E-state index contributed by atoms with van der Waals surface area (Å²) in [5.41, 5.74) is 1.36. The standard InChI is InChI=1S/C19H33NS/c1-4-6-7-8-9-10-13-18(20-5-2)16-21-19-14-11-12-17(3)15-19/h11-12,14-15,18,20H,4-10,13,16H2,1-3H3. The average molecular weight is 308 g/mol. The Balaban J connectivity index is 2.22. The van der Waals surface area contributed by atoms with Crippen LogP contribution in [0.3, 0.4) is 0 Å². The summed E-state index contributed by atoms with van der Waals surface area (Å²) < 4.78 is 0. The first kappa shape index (κ1) is 18.6. The Morgan fingerprint density at radius 1 is 1.05 bits per heavy atom. The van der Waals surface area contributed by atoms with Crippen LogP contribution in [0, 0.1) is 6.92 Å². The summed E-state index contributed by atoms with van der Waals surface area (Å²) in [5, 5.41) is 3.65. The Hall–Kier alpha value is -0.470. The van der Waals surface area contributed by atoms with Crippen molar-refractivity contribution in [1.29, 1.82) is 0 Å². The Kier molecular flexibility index (Phi) is 10.7. The van der Waals surface area contributed by atoms with Crippen LogP contribution in [0.5, 0.6) is 0 Å². The van der Waals surface area contributed by atoms with E-state index in [4.69, 9.17) is 0 Å². The van der Waals surface area contributed by atoms with E-state index in [1.165, 1.54) is 61.2 Å². The SMILES string of the molecule is CCCCCCCCC(CSc1cccc(C)c1)NCC. The maximum Gasteiger partial charge on any atom is 0.0161 e. The molecule has 0 aromatic heterocycles. The van der Waals surface area contributed by atoms with E-state index in [9.17, 15) is 0 Å². The fraction of sp³-hybridized carbons (Fsp3) is 0.684. The molecule has 0 heterocycles. The van der Waals surface area contributed by atoms with E-state index in [-0.39, 0.29) is 0 Å². The summed E-state index contributed by atoms with van der Waals surface area (Å²) in [4.78, 5) is 1.40. The van der Waals surface area contributed by atoms with Crippen molar-refractivity contribution in [3.63, 3.8) is 0 Å². The highest BCUT2D eigenvalue weighted by molar-refractivity contribution is 7.99. The molecule has 0 saturated carbocycles. The third kappa shape index (κ3) is 9.21. The van der Waals surface area contributed by atoms with Crippen molar-refractivity contribution < 1.29 is 0 Å². The molecule has 0 radical (unpaired) electrons. The lowest BCUT2D eigenvalue weighted by molar-refractivity contribution is 0.494. The Bertz CT molecular complexity index is 364. The second-order valence-corrected chi connectivity index (χ2v) is 7.03. The lowest BCUT2D eigenvalue weighted by Gasteiger charge is -2.17. The average Bonchev–Trinajstić information content (AvgIpc) is 2.48. The minimum Gasteiger partial charge on any atom is -0.313 e. The molecule has 1 atom stereocenters. The number of thioether (sulfide) groups is 1. The van der Waals surface area contributed by atoms with E-state index in [1.54, 1.807) is 0 Å². The van der Waals surface area contributed by atoms with Crippen molar-refractivity contribution >= 4 is 11.8 Å². The first-order valence-electron chi connectivity index (χ1n) is 8.69. The van der Waals surface area contributed by atoms with Gasteiger partial charge in [-0.2, -0.15) is 0 Å². The number of aryl methyl sites for hydroxylation is 1. The zero-order chi connectivity index (χ0) is 15.3. The van der Waals surface area contributed by atoms with Gasteiger partial charge >= 0.3 is 0 Å². The lowest BCUT2D eigenvalue weighted by atomic mass is 10.1. The maximum absolute atomic E-state index is 3.65. The molecule has 0 spiro atoms. The summed E-state index contributed by atoms with van der Waals surface area (Å²) in [7, 11) is 0. The van der Waals surface area contributed by atoms with Crippen LogP contribution in [0.1, 0.15) is 64.4 Å². The van der Waals surface area contributed by atoms with Crippen molar-refractivity contribution in [2.75, 3.05) is 12.3 Å². The van der Waals surface area contributed by atoms with Crippen molar-refractivity contribution in [1.82, 2.24) is 5.32 Å². The van der Waals surface area contributed by atoms with Gasteiger partial charge in [0.05, 0.1) is 0 Å². The van der Waals surface area contributed by atoms with Crippen LogP contribution in [0.2, 0.25) is 0 Å². The van der Waals surface area contributed by atoms with Gasteiger partial charge in [0.1, 0.15) is 0 Å². The minimum absolute atomic E-state index is 0.659. The van der Waals surface area contributed by atoms with Gasteiger partial charge in [-0.3, -0.25) is 0 Å². The molecule has 1 unspecified atom stereocenters. The molecule has 1 N–H and O–H groups in total. The van der Waals surface area contributed by atoms with Crippen LogP contribution in [0.25, 0.3) is 0 Å². The van der Waals surface area contributed by atoms with Crippen LogP contribution in [-0.2, 0) is 0 Å². The van der Waals surface area contributed by atoms with E-state index in [0.717, 1.165) is 6.54 Å². The van der Waals surface area contributed by atoms with Gasteiger partial charge in [0.25, 0.3) is 0 Å². The van der Waals surface area contributed by atoms with Gasteiger partial charge in [0, 0.05) is 16.7 Å². The Labute approximate surface area is 136 Å². The predicted molar refractivity (Wildman–Crippen MR) is 97.4 cm³/mol. The molecule has 0 amide bonds. The monoisotopic (exact) mass is 307 g/mol. The Morgan fingerprint density at radius 2 is 1.81 bits per heavy atom. The number of hydrogen-bond donors (Lipinski definition) is 1. The van der Waals surface area contributed by atoms with Crippen molar-refractivity contribution in [2.24, 2.45) is 0 Å². The highest BCUT2D eigenvalue weighted by Crippen LogP contribution is 2.21. The zero-order valence-electron chi connectivity index (χ0n) is 14.2. The van der Waals surface area contributed by atoms with E-state index in [1.807, 2.05) is 11.8 Å². The number of nitrogens with one attached hydrogen (secondary N) is 1. The van der Waals surface area contributed by atoms with Gasteiger partial charge in [-0.1, -0.05) is 70.1 Å². The molecule has 0 aliphatic rings. The van der Waals surface area contributed by atoms with Gasteiger partial charge < -0.3 is 5.32 Å². The van der Waals surface area contributed by atoms with E-state index < -0.39 is 0 Å². The molecular formula is C19H33NS. The zero-order valence-corrected chi connectivity index (χ0v) is 15.0. The topological polar surface area (TPSA) is 12.0 Å². The van der Waals surface area contributed by atoms with Gasteiger partial charge in [-0.25, -0.2) is 0 Å². The molecule has 0 aliphatic carbocycles. The van der Waals surface area contributed by atoms with E-state index >= 15 is 0 Å². The quantitative estimate of drug-likeness (QED) is 0.386. The molecule has 0 saturated heterocycles. The van der Waals surface area contributed by atoms with Gasteiger partial charge in [0.15, 0.2) is 0 Å². The van der Waals surface area contributed by atoms with Crippen LogP contribution >= 0.6 is 11.8 Å². The molecule has 1 aromatic carbocycles. The molecule has 0 bridgehead atoms.